The molecule has 2 aromatic carbocycles. The average molecular weight is 306 g/mol. The van der Waals surface area contributed by atoms with Crippen molar-refractivity contribution in [1.82, 2.24) is 0 Å². The zero-order chi connectivity index (χ0) is 16.1. The lowest BCUT2D eigenvalue weighted by atomic mass is 10.2. The van der Waals surface area contributed by atoms with E-state index in [4.69, 9.17) is 5.11 Å². The second-order valence-electron chi connectivity index (χ2n) is 4.41. The SMILES string of the molecule is O=C(CNc1cc(F)ccc1F)Nc1ccc(C(=O)O)cc1. The Morgan fingerprint density at radius 3 is 2.36 bits per heavy atom. The van der Waals surface area contributed by atoms with E-state index in [0.29, 0.717) is 5.69 Å². The van der Waals surface area contributed by atoms with Gasteiger partial charge in [-0.05, 0) is 42.5 Å². The predicted octanol–water partition coefficient (Wildman–Crippen LogP) is 2.71. The van der Waals surface area contributed by atoms with Gasteiger partial charge in [0.25, 0.3) is 0 Å². The normalized spacial score (nSPS) is 10.1. The molecule has 5 nitrogen and oxygen atoms in total. The molecule has 2 aromatic rings. The molecule has 0 aliphatic carbocycles. The fourth-order valence-electron chi connectivity index (χ4n) is 1.71. The van der Waals surface area contributed by atoms with Crippen LogP contribution in [0.5, 0.6) is 0 Å². The van der Waals surface area contributed by atoms with Crippen molar-refractivity contribution >= 4 is 23.3 Å². The Labute approximate surface area is 124 Å². The maximum absolute atomic E-state index is 13.4. The van der Waals surface area contributed by atoms with E-state index < -0.39 is 23.5 Å². The topological polar surface area (TPSA) is 78.4 Å². The fourth-order valence-corrected chi connectivity index (χ4v) is 1.71. The zero-order valence-electron chi connectivity index (χ0n) is 11.3. The summed E-state index contributed by atoms with van der Waals surface area (Å²) in [6.07, 6.45) is 0. The van der Waals surface area contributed by atoms with Crippen LogP contribution in [-0.2, 0) is 4.79 Å². The summed E-state index contributed by atoms with van der Waals surface area (Å²) in [5, 5.41) is 13.7. The number of nitrogens with one attached hydrogen (secondary N) is 2. The highest BCUT2D eigenvalue weighted by Gasteiger charge is 2.07. The highest BCUT2D eigenvalue weighted by molar-refractivity contribution is 5.94. The van der Waals surface area contributed by atoms with Crippen molar-refractivity contribution in [2.75, 3.05) is 17.2 Å². The van der Waals surface area contributed by atoms with E-state index in [1.54, 1.807) is 0 Å². The Morgan fingerprint density at radius 2 is 1.73 bits per heavy atom. The van der Waals surface area contributed by atoms with Crippen LogP contribution in [0.15, 0.2) is 42.5 Å². The summed E-state index contributed by atoms with van der Waals surface area (Å²) in [5.74, 6) is -2.83. The smallest absolute Gasteiger partial charge is 0.335 e. The van der Waals surface area contributed by atoms with Crippen molar-refractivity contribution in [3.8, 4) is 0 Å². The summed E-state index contributed by atoms with van der Waals surface area (Å²) in [6.45, 7) is -0.263. The van der Waals surface area contributed by atoms with Gasteiger partial charge in [-0.15, -0.1) is 0 Å². The summed E-state index contributed by atoms with van der Waals surface area (Å²) in [6, 6.07) is 8.44. The van der Waals surface area contributed by atoms with Crippen LogP contribution in [-0.4, -0.2) is 23.5 Å². The molecule has 22 heavy (non-hydrogen) atoms. The molecule has 0 unspecified atom stereocenters. The third kappa shape index (κ3) is 4.02. The van der Waals surface area contributed by atoms with Crippen LogP contribution in [0.3, 0.4) is 0 Å². The molecule has 0 spiro atoms. The Kier molecular flexibility index (Phi) is 4.67. The average Bonchev–Trinajstić information content (AvgIpc) is 2.49. The lowest BCUT2D eigenvalue weighted by molar-refractivity contribution is -0.114. The number of carbonyl (C=O) groups excluding carboxylic acids is 1. The fraction of sp³-hybridized carbons (Fsp3) is 0.0667. The number of hydrogen-bond acceptors (Lipinski definition) is 3. The number of rotatable bonds is 5. The van der Waals surface area contributed by atoms with E-state index in [-0.39, 0.29) is 17.8 Å². The summed E-state index contributed by atoms with van der Waals surface area (Å²) in [4.78, 5) is 22.4. The van der Waals surface area contributed by atoms with Gasteiger partial charge in [0.2, 0.25) is 5.91 Å². The second kappa shape index (κ2) is 6.66. The maximum atomic E-state index is 13.4. The molecule has 3 N–H and O–H groups in total. The first-order valence-electron chi connectivity index (χ1n) is 6.28. The Morgan fingerprint density at radius 1 is 1.05 bits per heavy atom. The highest BCUT2D eigenvalue weighted by atomic mass is 19.1. The molecule has 2 rings (SSSR count). The number of carboxylic acids is 1. The molecule has 0 bridgehead atoms. The van der Waals surface area contributed by atoms with Crippen molar-refractivity contribution in [3.05, 3.63) is 59.7 Å². The number of carboxylic acid groups (broad SMARTS) is 1. The minimum absolute atomic E-state index is 0.0953. The molecule has 0 aliphatic heterocycles. The van der Waals surface area contributed by atoms with Crippen LogP contribution in [0.4, 0.5) is 20.2 Å². The number of amides is 1. The number of carbonyl (C=O) groups is 2. The largest absolute Gasteiger partial charge is 0.478 e. The van der Waals surface area contributed by atoms with Gasteiger partial charge in [0.15, 0.2) is 0 Å². The molecule has 0 radical (unpaired) electrons. The standard InChI is InChI=1S/C15H12F2N2O3/c16-10-3-6-12(17)13(7-10)18-8-14(20)19-11-4-1-9(2-5-11)15(21)22/h1-7,18H,8H2,(H,19,20)(H,21,22). The van der Waals surface area contributed by atoms with Crippen LogP contribution in [0.25, 0.3) is 0 Å². The van der Waals surface area contributed by atoms with E-state index in [1.165, 1.54) is 24.3 Å². The van der Waals surface area contributed by atoms with Crippen molar-refractivity contribution in [1.29, 1.82) is 0 Å². The van der Waals surface area contributed by atoms with Crippen molar-refractivity contribution < 1.29 is 23.5 Å². The van der Waals surface area contributed by atoms with Gasteiger partial charge in [-0.2, -0.15) is 0 Å². The maximum Gasteiger partial charge on any atom is 0.335 e. The number of hydrogen-bond donors (Lipinski definition) is 3. The summed E-state index contributed by atoms with van der Waals surface area (Å²) in [5.41, 5.74) is 0.380. The third-order valence-corrected chi connectivity index (χ3v) is 2.78. The third-order valence-electron chi connectivity index (χ3n) is 2.78. The van der Waals surface area contributed by atoms with Crippen molar-refractivity contribution in [2.24, 2.45) is 0 Å². The molecule has 0 heterocycles. The molecule has 0 aromatic heterocycles. The first kappa shape index (κ1) is 15.4. The Bertz CT molecular complexity index is 702. The molecule has 0 saturated carbocycles. The van der Waals surface area contributed by atoms with E-state index >= 15 is 0 Å². The summed E-state index contributed by atoms with van der Waals surface area (Å²) >= 11 is 0. The van der Waals surface area contributed by atoms with Gasteiger partial charge in [0, 0.05) is 5.69 Å². The number of benzene rings is 2. The molecule has 0 fully saturated rings. The Balaban J connectivity index is 1.92. The lowest BCUT2D eigenvalue weighted by Gasteiger charge is -2.09. The van der Waals surface area contributed by atoms with Gasteiger partial charge in [-0.3, -0.25) is 4.79 Å². The van der Waals surface area contributed by atoms with E-state index in [0.717, 1.165) is 18.2 Å². The van der Waals surface area contributed by atoms with Crippen molar-refractivity contribution in [3.63, 3.8) is 0 Å². The van der Waals surface area contributed by atoms with Gasteiger partial charge in [0.1, 0.15) is 11.6 Å². The van der Waals surface area contributed by atoms with Gasteiger partial charge < -0.3 is 15.7 Å². The molecular weight excluding hydrogens is 294 g/mol. The molecule has 114 valence electrons. The molecule has 7 heteroatoms. The number of halogens is 2. The molecule has 0 atom stereocenters. The van der Waals surface area contributed by atoms with Crippen molar-refractivity contribution in [2.45, 2.75) is 0 Å². The van der Waals surface area contributed by atoms with Gasteiger partial charge in [-0.25, -0.2) is 13.6 Å². The first-order chi connectivity index (χ1) is 10.5. The second-order valence-corrected chi connectivity index (χ2v) is 4.41. The van der Waals surface area contributed by atoms with Crippen LogP contribution >= 0.6 is 0 Å². The summed E-state index contributed by atoms with van der Waals surface area (Å²) in [7, 11) is 0. The van der Waals surface area contributed by atoms with Crippen LogP contribution in [0.1, 0.15) is 10.4 Å². The number of anilines is 2. The molecule has 0 saturated heterocycles. The van der Waals surface area contributed by atoms with E-state index in [2.05, 4.69) is 10.6 Å². The highest BCUT2D eigenvalue weighted by Crippen LogP contribution is 2.15. The number of aromatic carboxylic acids is 1. The lowest BCUT2D eigenvalue weighted by Crippen LogP contribution is -2.22. The predicted molar refractivity (Wildman–Crippen MR) is 76.9 cm³/mol. The van der Waals surface area contributed by atoms with Gasteiger partial charge in [-0.1, -0.05) is 0 Å². The molecular formula is C15H12F2N2O3. The van der Waals surface area contributed by atoms with E-state index in [1.807, 2.05) is 0 Å². The van der Waals surface area contributed by atoms with E-state index in [9.17, 15) is 18.4 Å². The first-order valence-corrected chi connectivity index (χ1v) is 6.28. The quantitative estimate of drug-likeness (QED) is 0.793. The van der Waals surface area contributed by atoms with Crippen LogP contribution in [0, 0.1) is 11.6 Å². The minimum Gasteiger partial charge on any atom is -0.478 e. The minimum atomic E-state index is -1.07. The summed E-state index contributed by atoms with van der Waals surface area (Å²) < 4.78 is 26.3. The van der Waals surface area contributed by atoms with Gasteiger partial charge in [0.05, 0.1) is 17.8 Å². The zero-order valence-corrected chi connectivity index (χ0v) is 11.3. The van der Waals surface area contributed by atoms with Crippen LogP contribution in [0.2, 0.25) is 0 Å². The molecule has 1 amide bonds. The van der Waals surface area contributed by atoms with Crippen LogP contribution < -0.4 is 10.6 Å². The monoisotopic (exact) mass is 306 g/mol. The molecule has 0 aliphatic rings. The Hall–Kier alpha value is -2.96. The van der Waals surface area contributed by atoms with Gasteiger partial charge >= 0.3 is 5.97 Å².